The Kier molecular flexibility index (Phi) is 4.30. The van der Waals surface area contributed by atoms with Crippen molar-refractivity contribution in [3.05, 3.63) is 52.2 Å². The highest BCUT2D eigenvalue weighted by molar-refractivity contribution is 5.32. The molecule has 4 rings (SSSR count). The monoisotopic (exact) mass is 325 g/mol. The quantitative estimate of drug-likeness (QED) is 0.928. The molecule has 0 saturated carbocycles. The van der Waals surface area contributed by atoms with Gasteiger partial charge < -0.3 is 4.90 Å². The standard InChI is InChI=1S/C18H23N5O/c24-17-11-16(20-18(21-17)23-8-1-2-9-23)15-5-10-22(13-15)12-14-3-6-19-7-4-14/h3-4,6-7,11,15H,1-2,5,8-10,12-13H2,(H,20,21,24)/t15-/m0/s1. The predicted molar refractivity (Wildman–Crippen MR) is 93.2 cm³/mol. The Morgan fingerprint density at radius 3 is 2.75 bits per heavy atom. The molecule has 1 atom stereocenters. The van der Waals surface area contributed by atoms with Gasteiger partial charge in [0.25, 0.3) is 5.56 Å². The first kappa shape index (κ1) is 15.3. The van der Waals surface area contributed by atoms with Crippen LogP contribution in [-0.2, 0) is 6.54 Å². The highest BCUT2D eigenvalue weighted by Crippen LogP contribution is 2.27. The molecular formula is C18H23N5O. The minimum Gasteiger partial charge on any atom is -0.342 e. The Labute approximate surface area is 141 Å². The number of anilines is 1. The molecule has 0 amide bonds. The predicted octanol–water partition coefficient (Wildman–Crippen LogP) is 1.75. The lowest BCUT2D eigenvalue weighted by Crippen LogP contribution is -2.25. The number of hydrogen-bond acceptors (Lipinski definition) is 5. The molecule has 4 heterocycles. The summed E-state index contributed by atoms with van der Waals surface area (Å²) in [6, 6.07) is 5.80. The van der Waals surface area contributed by atoms with E-state index >= 15 is 0 Å². The lowest BCUT2D eigenvalue weighted by atomic mass is 10.1. The second kappa shape index (κ2) is 6.73. The molecule has 2 aliphatic heterocycles. The summed E-state index contributed by atoms with van der Waals surface area (Å²) in [5.41, 5.74) is 2.19. The van der Waals surface area contributed by atoms with E-state index in [9.17, 15) is 4.79 Å². The normalized spacial score (nSPS) is 21.5. The van der Waals surface area contributed by atoms with Gasteiger partial charge in [-0.25, -0.2) is 4.98 Å². The second-order valence-electron chi connectivity index (χ2n) is 6.76. The van der Waals surface area contributed by atoms with Crippen molar-refractivity contribution >= 4 is 5.95 Å². The van der Waals surface area contributed by atoms with E-state index in [0.717, 1.165) is 50.8 Å². The fraction of sp³-hybridized carbons (Fsp3) is 0.500. The number of nitrogens with one attached hydrogen (secondary N) is 1. The molecule has 0 bridgehead atoms. The molecule has 2 saturated heterocycles. The topological polar surface area (TPSA) is 65.1 Å². The number of H-pyrrole nitrogens is 1. The lowest BCUT2D eigenvalue weighted by molar-refractivity contribution is 0.326. The van der Waals surface area contributed by atoms with Crippen LogP contribution in [0.5, 0.6) is 0 Å². The van der Waals surface area contributed by atoms with Gasteiger partial charge in [0.2, 0.25) is 5.95 Å². The smallest absolute Gasteiger partial charge is 0.252 e. The molecule has 6 nitrogen and oxygen atoms in total. The number of rotatable bonds is 4. The molecule has 0 unspecified atom stereocenters. The van der Waals surface area contributed by atoms with Gasteiger partial charge in [-0.05, 0) is 43.5 Å². The zero-order chi connectivity index (χ0) is 16.4. The third kappa shape index (κ3) is 3.33. The molecule has 2 fully saturated rings. The van der Waals surface area contributed by atoms with Crippen LogP contribution in [0.2, 0.25) is 0 Å². The van der Waals surface area contributed by atoms with Crippen LogP contribution in [0, 0.1) is 0 Å². The average molecular weight is 325 g/mol. The van der Waals surface area contributed by atoms with E-state index in [-0.39, 0.29) is 5.56 Å². The van der Waals surface area contributed by atoms with Crippen LogP contribution < -0.4 is 10.5 Å². The van der Waals surface area contributed by atoms with Gasteiger partial charge in [0, 0.05) is 50.6 Å². The van der Waals surface area contributed by atoms with E-state index in [1.807, 2.05) is 12.4 Å². The van der Waals surface area contributed by atoms with E-state index < -0.39 is 0 Å². The van der Waals surface area contributed by atoms with Crippen molar-refractivity contribution < 1.29 is 0 Å². The van der Waals surface area contributed by atoms with Gasteiger partial charge >= 0.3 is 0 Å². The third-order valence-corrected chi connectivity index (χ3v) is 5.00. The number of likely N-dealkylation sites (tertiary alicyclic amines) is 1. The summed E-state index contributed by atoms with van der Waals surface area (Å²) < 4.78 is 0. The maximum Gasteiger partial charge on any atom is 0.252 e. The molecule has 1 N–H and O–H groups in total. The van der Waals surface area contributed by atoms with Crippen LogP contribution in [0.1, 0.15) is 36.4 Å². The minimum absolute atomic E-state index is 0.0329. The van der Waals surface area contributed by atoms with Crippen LogP contribution in [0.25, 0.3) is 0 Å². The van der Waals surface area contributed by atoms with E-state index in [1.54, 1.807) is 6.07 Å². The van der Waals surface area contributed by atoms with Crippen molar-refractivity contribution in [2.75, 3.05) is 31.1 Å². The number of aromatic nitrogens is 3. The SMILES string of the molecule is O=c1cc([C@H]2CCN(Cc3ccncc3)C2)nc(N2CCCC2)[nH]1. The van der Waals surface area contributed by atoms with E-state index in [0.29, 0.717) is 5.92 Å². The Bertz CT molecular complexity index is 739. The van der Waals surface area contributed by atoms with Gasteiger partial charge in [-0.1, -0.05) is 0 Å². The Morgan fingerprint density at radius 1 is 1.17 bits per heavy atom. The zero-order valence-corrected chi connectivity index (χ0v) is 13.8. The highest BCUT2D eigenvalue weighted by Gasteiger charge is 2.26. The molecule has 0 aromatic carbocycles. The van der Waals surface area contributed by atoms with E-state index in [1.165, 1.54) is 18.4 Å². The largest absolute Gasteiger partial charge is 0.342 e. The summed E-state index contributed by atoms with van der Waals surface area (Å²) in [6.07, 6.45) is 7.09. The van der Waals surface area contributed by atoms with Crippen LogP contribution >= 0.6 is 0 Å². The summed E-state index contributed by atoms with van der Waals surface area (Å²) in [7, 11) is 0. The second-order valence-corrected chi connectivity index (χ2v) is 6.76. The summed E-state index contributed by atoms with van der Waals surface area (Å²) in [5.74, 6) is 1.10. The Morgan fingerprint density at radius 2 is 1.96 bits per heavy atom. The van der Waals surface area contributed by atoms with Gasteiger partial charge in [-0.2, -0.15) is 0 Å². The lowest BCUT2D eigenvalue weighted by Gasteiger charge is -2.18. The molecule has 126 valence electrons. The van der Waals surface area contributed by atoms with E-state index in [2.05, 4.69) is 31.9 Å². The van der Waals surface area contributed by atoms with E-state index in [4.69, 9.17) is 4.98 Å². The summed E-state index contributed by atoms with van der Waals surface area (Å²) in [4.78, 5) is 28.4. The number of aromatic amines is 1. The van der Waals surface area contributed by atoms with Gasteiger partial charge in [0.15, 0.2) is 0 Å². The fourth-order valence-corrected chi connectivity index (χ4v) is 3.72. The summed E-state index contributed by atoms with van der Waals surface area (Å²) in [6.45, 7) is 4.91. The third-order valence-electron chi connectivity index (χ3n) is 5.00. The average Bonchev–Trinajstić information content (AvgIpc) is 3.27. The van der Waals surface area contributed by atoms with Crippen molar-refractivity contribution in [3.63, 3.8) is 0 Å². The minimum atomic E-state index is -0.0329. The molecule has 24 heavy (non-hydrogen) atoms. The molecule has 2 aliphatic rings. The fourth-order valence-electron chi connectivity index (χ4n) is 3.72. The van der Waals surface area contributed by atoms with Crippen LogP contribution in [0.15, 0.2) is 35.4 Å². The van der Waals surface area contributed by atoms with Gasteiger partial charge in [0.05, 0.1) is 5.69 Å². The number of hydrogen-bond donors (Lipinski definition) is 1. The van der Waals surface area contributed by atoms with Crippen LogP contribution in [-0.4, -0.2) is 46.0 Å². The molecule has 0 spiro atoms. The van der Waals surface area contributed by atoms with Crippen LogP contribution in [0.4, 0.5) is 5.95 Å². The number of nitrogens with zero attached hydrogens (tertiary/aromatic N) is 4. The first-order chi connectivity index (χ1) is 11.8. The molecule has 6 heteroatoms. The van der Waals surface area contributed by atoms with Crippen molar-refractivity contribution in [2.24, 2.45) is 0 Å². The Hall–Kier alpha value is -2.21. The highest BCUT2D eigenvalue weighted by atomic mass is 16.1. The zero-order valence-electron chi connectivity index (χ0n) is 13.8. The molecule has 2 aromatic rings. The summed E-state index contributed by atoms with van der Waals surface area (Å²) >= 11 is 0. The first-order valence-corrected chi connectivity index (χ1v) is 8.75. The Balaban J connectivity index is 1.47. The first-order valence-electron chi connectivity index (χ1n) is 8.75. The maximum absolute atomic E-state index is 12.1. The molecule has 2 aromatic heterocycles. The molecule has 0 aliphatic carbocycles. The van der Waals surface area contributed by atoms with Crippen LogP contribution in [0.3, 0.4) is 0 Å². The van der Waals surface area contributed by atoms with Gasteiger partial charge in [-0.3, -0.25) is 19.7 Å². The van der Waals surface area contributed by atoms with Crippen molar-refractivity contribution in [3.8, 4) is 0 Å². The van der Waals surface area contributed by atoms with Crippen molar-refractivity contribution in [1.82, 2.24) is 19.9 Å². The number of pyridine rings is 1. The maximum atomic E-state index is 12.1. The van der Waals surface area contributed by atoms with Gasteiger partial charge in [0.1, 0.15) is 0 Å². The van der Waals surface area contributed by atoms with Crippen molar-refractivity contribution in [1.29, 1.82) is 0 Å². The molecule has 0 radical (unpaired) electrons. The summed E-state index contributed by atoms with van der Waals surface area (Å²) in [5, 5.41) is 0. The van der Waals surface area contributed by atoms with Gasteiger partial charge in [-0.15, -0.1) is 0 Å². The molecular weight excluding hydrogens is 302 g/mol. The van der Waals surface area contributed by atoms with Crippen molar-refractivity contribution in [2.45, 2.75) is 31.7 Å².